The molecule has 0 unspecified atom stereocenters. The Labute approximate surface area is 110 Å². The number of aromatic nitrogens is 2. The van der Waals surface area contributed by atoms with Crippen LogP contribution in [0.15, 0.2) is 54.9 Å². The van der Waals surface area contributed by atoms with Crippen molar-refractivity contribution in [3.63, 3.8) is 0 Å². The second-order valence-corrected chi connectivity index (χ2v) is 4.20. The van der Waals surface area contributed by atoms with Gasteiger partial charge in [-0.2, -0.15) is 0 Å². The first-order chi connectivity index (χ1) is 9.34. The number of hydrogen-bond donors (Lipinski definition) is 1. The summed E-state index contributed by atoms with van der Waals surface area (Å²) in [5.41, 5.74) is 1.48. The molecule has 0 spiro atoms. The number of nitrogens with zero attached hydrogens (tertiary/aromatic N) is 2. The highest BCUT2D eigenvalue weighted by Gasteiger charge is 2.06. The van der Waals surface area contributed by atoms with Crippen molar-refractivity contribution in [2.45, 2.75) is 6.54 Å². The fourth-order valence-corrected chi connectivity index (χ4v) is 1.97. The fourth-order valence-electron chi connectivity index (χ4n) is 1.97. The van der Waals surface area contributed by atoms with Gasteiger partial charge in [-0.1, -0.05) is 36.4 Å². The molecule has 1 heterocycles. The quantitative estimate of drug-likeness (QED) is 0.777. The summed E-state index contributed by atoms with van der Waals surface area (Å²) in [5.74, 6) is 0.316. The first-order valence-electron chi connectivity index (χ1n) is 6.01. The van der Waals surface area contributed by atoms with Crippen molar-refractivity contribution in [2.24, 2.45) is 0 Å². The first kappa shape index (κ1) is 11.6. The van der Waals surface area contributed by atoms with E-state index >= 15 is 0 Å². The molecular weight excluding hydrogens is 241 g/mol. The lowest BCUT2D eigenvalue weighted by Gasteiger charge is -2.08. The maximum Gasteiger partial charge on any atom is 0.149 e. The molecule has 0 atom stereocenters. The summed E-state index contributed by atoms with van der Waals surface area (Å²) in [4.78, 5) is 8.14. The van der Waals surface area contributed by atoms with E-state index in [4.69, 9.17) is 0 Å². The molecule has 0 aliphatic heterocycles. The van der Waals surface area contributed by atoms with E-state index < -0.39 is 0 Å². The lowest BCUT2D eigenvalue weighted by molar-refractivity contribution is 0.636. The number of benzene rings is 2. The van der Waals surface area contributed by atoms with E-state index in [-0.39, 0.29) is 5.82 Å². The predicted molar refractivity (Wildman–Crippen MR) is 73.3 cm³/mol. The SMILES string of the molecule is Fc1cccc2c(NCc3ccccc3)ncnc12. The second kappa shape index (κ2) is 5.02. The zero-order valence-corrected chi connectivity index (χ0v) is 10.2. The van der Waals surface area contributed by atoms with E-state index in [1.807, 2.05) is 36.4 Å². The molecule has 0 fully saturated rings. The molecule has 1 N–H and O–H groups in total. The summed E-state index contributed by atoms with van der Waals surface area (Å²) < 4.78 is 13.6. The molecule has 94 valence electrons. The van der Waals surface area contributed by atoms with Gasteiger partial charge in [0.15, 0.2) is 0 Å². The van der Waals surface area contributed by atoms with Crippen molar-refractivity contribution in [1.29, 1.82) is 0 Å². The average Bonchev–Trinajstić information content (AvgIpc) is 2.47. The zero-order chi connectivity index (χ0) is 13.1. The fraction of sp³-hybridized carbons (Fsp3) is 0.0667. The van der Waals surface area contributed by atoms with Crippen LogP contribution < -0.4 is 5.32 Å². The molecule has 0 aliphatic rings. The van der Waals surface area contributed by atoms with Crippen LogP contribution in [0, 0.1) is 5.82 Å². The first-order valence-corrected chi connectivity index (χ1v) is 6.01. The molecule has 0 saturated carbocycles. The average molecular weight is 253 g/mol. The summed E-state index contributed by atoms with van der Waals surface area (Å²) in [6.45, 7) is 0.642. The number of halogens is 1. The lowest BCUT2D eigenvalue weighted by atomic mass is 10.2. The van der Waals surface area contributed by atoms with E-state index in [0.717, 1.165) is 5.56 Å². The molecule has 0 amide bonds. The number of anilines is 1. The Hall–Kier alpha value is -2.49. The van der Waals surface area contributed by atoms with Crippen molar-refractivity contribution in [1.82, 2.24) is 9.97 Å². The van der Waals surface area contributed by atoms with E-state index in [1.165, 1.54) is 12.4 Å². The summed E-state index contributed by atoms with van der Waals surface area (Å²) in [6.07, 6.45) is 1.37. The van der Waals surface area contributed by atoms with Crippen LogP contribution in [-0.2, 0) is 6.54 Å². The Balaban J connectivity index is 1.91. The molecule has 3 nitrogen and oxygen atoms in total. The number of rotatable bonds is 3. The van der Waals surface area contributed by atoms with E-state index in [0.29, 0.717) is 23.3 Å². The van der Waals surface area contributed by atoms with Crippen molar-refractivity contribution in [2.75, 3.05) is 5.32 Å². The minimum Gasteiger partial charge on any atom is -0.365 e. The van der Waals surface area contributed by atoms with Gasteiger partial charge in [-0.15, -0.1) is 0 Å². The zero-order valence-electron chi connectivity index (χ0n) is 10.2. The number of para-hydroxylation sites is 1. The molecule has 19 heavy (non-hydrogen) atoms. The van der Waals surface area contributed by atoms with Gasteiger partial charge in [0.25, 0.3) is 0 Å². The highest BCUT2D eigenvalue weighted by atomic mass is 19.1. The maximum absolute atomic E-state index is 13.6. The van der Waals surface area contributed by atoms with Gasteiger partial charge in [0.05, 0.1) is 0 Å². The van der Waals surface area contributed by atoms with Crippen LogP contribution in [0.4, 0.5) is 10.2 Å². The number of hydrogen-bond acceptors (Lipinski definition) is 3. The van der Waals surface area contributed by atoms with Gasteiger partial charge in [0.1, 0.15) is 23.5 Å². The topological polar surface area (TPSA) is 37.8 Å². The molecule has 2 aromatic carbocycles. The third-order valence-corrected chi connectivity index (χ3v) is 2.92. The van der Waals surface area contributed by atoms with E-state index in [1.54, 1.807) is 6.07 Å². The highest BCUT2D eigenvalue weighted by molar-refractivity contribution is 5.89. The monoisotopic (exact) mass is 253 g/mol. The Morgan fingerprint density at radius 2 is 1.79 bits per heavy atom. The van der Waals surface area contributed by atoms with Crippen LogP contribution in [0.25, 0.3) is 10.9 Å². The van der Waals surface area contributed by atoms with Gasteiger partial charge in [-0.3, -0.25) is 0 Å². The largest absolute Gasteiger partial charge is 0.365 e. The van der Waals surface area contributed by atoms with Crippen molar-refractivity contribution in [3.05, 3.63) is 66.2 Å². The van der Waals surface area contributed by atoms with Crippen LogP contribution in [0.3, 0.4) is 0 Å². The number of fused-ring (bicyclic) bond motifs is 1. The van der Waals surface area contributed by atoms with Gasteiger partial charge >= 0.3 is 0 Å². The van der Waals surface area contributed by atoms with Crippen LogP contribution in [0.1, 0.15) is 5.56 Å². The Morgan fingerprint density at radius 1 is 0.947 bits per heavy atom. The van der Waals surface area contributed by atoms with Gasteiger partial charge in [0.2, 0.25) is 0 Å². The van der Waals surface area contributed by atoms with Crippen molar-refractivity contribution >= 4 is 16.7 Å². The molecule has 0 saturated heterocycles. The van der Waals surface area contributed by atoms with Gasteiger partial charge < -0.3 is 5.32 Å². The lowest BCUT2D eigenvalue weighted by Crippen LogP contribution is -2.02. The predicted octanol–water partition coefficient (Wildman–Crippen LogP) is 3.38. The Bertz CT molecular complexity index is 698. The van der Waals surface area contributed by atoms with Crippen LogP contribution in [-0.4, -0.2) is 9.97 Å². The third kappa shape index (κ3) is 2.38. The molecule has 1 aromatic heterocycles. The van der Waals surface area contributed by atoms with Crippen LogP contribution in [0.5, 0.6) is 0 Å². The molecule has 0 bridgehead atoms. The Morgan fingerprint density at radius 3 is 2.63 bits per heavy atom. The molecule has 3 rings (SSSR count). The maximum atomic E-state index is 13.6. The van der Waals surface area contributed by atoms with E-state index in [2.05, 4.69) is 15.3 Å². The third-order valence-electron chi connectivity index (χ3n) is 2.92. The smallest absolute Gasteiger partial charge is 0.149 e. The van der Waals surface area contributed by atoms with Crippen molar-refractivity contribution < 1.29 is 4.39 Å². The van der Waals surface area contributed by atoms with Gasteiger partial charge in [-0.05, 0) is 17.7 Å². The summed E-state index contributed by atoms with van der Waals surface area (Å²) in [5, 5.41) is 3.91. The minimum atomic E-state index is -0.331. The summed E-state index contributed by atoms with van der Waals surface area (Å²) in [7, 11) is 0. The summed E-state index contributed by atoms with van der Waals surface area (Å²) >= 11 is 0. The van der Waals surface area contributed by atoms with Crippen LogP contribution in [0.2, 0.25) is 0 Å². The highest BCUT2D eigenvalue weighted by Crippen LogP contribution is 2.21. The summed E-state index contributed by atoms with van der Waals surface area (Å²) in [6, 6.07) is 14.9. The van der Waals surface area contributed by atoms with Crippen LogP contribution >= 0.6 is 0 Å². The molecule has 0 radical (unpaired) electrons. The molecule has 4 heteroatoms. The number of nitrogens with one attached hydrogen (secondary N) is 1. The minimum absolute atomic E-state index is 0.331. The van der Waals surface area contributed by atoms with Crippen molar-refractivity contribution in [3.8, 4) is 0 Å². The standard InChI is InChI=1S/C15H12FN3/c16-13-8-4-7-12-14(13)18-10-19-15(12)17-9-11-5-2-1-3-6-11/h1-8,10H,9H2,(H,17,18,19). The molecular formula is C15H12FN3. The van der Waals surface area contributed by atoms with Gasteiger partial charge in [0, 0.05) is 11.9 Å². The normalized spacial score (nSPS) is 10.6. The Kier molecular flexibility index (Phi) is 3.06. The molecule has 3 aromatic rings. The second-order valence-electron chi connectivity index (χ2n) is 4.20. The van der Waals surface area contributed by atoms with E-state index in [9.17, 15) is 4.39 Å². The van der Waals surface area contributed by atoms with Gasteiger partial charge in [-0.25, -0.2) is 14.4 Å². The molecule has 0 aliphatic carbocycles.